The Hall–Kier alpha value is -1.34. The van der Waals surface area contributed by atoms with Gasteiger partial charge in [-0.2, -0.15) is 18.3 Å². The van der Waals surface area contributed by atoms with Crippen LogP contribution in [0.3, 0.4) is 0 Å². The van der Waals surface area contributed by atoms with Gasteiger partial charge in [0.05, 0.1) is 21.4 Å². The van der Waals surface area contributed by atoms with Crippen LogP contribution in [0.25, 0.3) is 0 Å². The van der Waals surface area contributed by atoms with Gasteiger partial charge in [-0.05, 0) is 34.5 Å². The molecule has 1 aromatic carbocycles. The lowest BCUT2D eigenvalue weighted by Crippen LogP contribution is -2.18. The summed E-state index contributed by atoms with van der Waals surface area (Å²) in [5.41, 5.74) is 1.39. The predicted octanol–water partition coefficient (Wildman–Crippen LogP) is 3.80. The third-order valence-corrected chi connectivity index (χ3v) is 4.22. The molecule has 1 heterocycles. The van der Waals surface area contributed by atoms with E-state index in [1.807, 2.05) is 6.92 Å². The molecule has 0 aliphatic rings. The molecule has 0 atom stereocenters. The van der Waals surface area contributed by atoms with Crippen LogP contribution in [-0.2, 0) is 26.3 Å². The van der Waals surface area contributed by atoms with Gasteiger partial charge in [-0.3, -0.25) is 4.68 Å². The van der Waals surface area contributed by atoms with Gasteiger partial charge in [-0.15, -0.1) is 0 Å². The Bertz CT molecular complexity index is 635. The number of rotatable bonds is 4. The van der Waals surface area contributed by atoms with Gasteiger partial charge >= 0.3 is 6.18 Å². The zero-order valence-electron chi connectivity index (χ0n) is 11.6. The van der Waals surface area contributed by atoms with Crippen molar-refractivity contribution in [1.82, 2.24) is 15.1 Å². The highest BCUT2D eigenvalue weighted by Gasteiger charge is 2.32. The standard InChI is InChI=1S/C14H15BrF3N3/c1-9-13(15)12(21(2)20-9)8-19-7-10-5-3-4-6-11(10)14(16,17)18/h3-6,19H,7-8H2,1-2H3. The fourth-order valence-corrected chi connectivity index (χ4v) is 2.61. The molecule has 21 heavy (non-hydrogen) atoms. The van der Waals surface area contributed by atoms with Gasteiger partial charge in [0.1, 0.15) is 0 Å². The number of hydrogen-bond donors (Lipinski definition) is 1. The van der Waals surface area contributed by atoms with E-state index < -0.39 is 11.7 Å². The van der Waals surface area contributed by atoms with Crippen molar-refractivity contribution < 1.29 is 13.2 Å². The molecule has 2 rings (SSSR count). The quantitative estimate of drug-likeness (QED) is 0.897. The molecule has 0 saturated carbocycles. The van der Waals surface area contributed by atoms with Crippen molar-refractivity contribution in [2.75, 3.05) is 0 Å². The second-order valence-corrected chi connectivity index (χ2v) is 5.52. The first kappa shape index (κ1) is 16.0. The Morgan fingerprint density at radius 3 is 2.48 bits per heavy atom. The topological polar surface area (TPSA) is 29.9 Å². The van der Waals surface area contributed by atoms with Crippen molar-refractivity contribution in [3.63, 3.8) is 0 Å². The summed E-state index contributed by atoms with van der Waals surface area (Å²) in [6, 6.07) is 5.59. The van der Waals surface area contributed by atoms with E-state index >= 15 is 0 Å². The zero-order chi connectivity index (χ0) is 15.6. The lowest BCUT2D eigenvalue weighted by atomic mass is 10.1. The van der Waals surface area contributed by atoms with Crippen LogP contribution >= 0.6 is 15.9 Å². The first-order valence-electron chi connectivity index (χ1n) is 6.34. The molecule has 2 aromatic rings. The van der Waals surface area contributed by atoms with Crippen LogP contribution in [0, 0.1) is 6.92 Å². The van der Waals surface area contributed by atoms with E-state index in [4.69, 9.17) is 0 Å². The summed E-state index contributed by atoms with van der Waals surface area (Å²) in [7, 11) is 1.80. The van der Waals surface area contributed by atoms with Crippen molar-refractivity contribution >= 4 is 15.9 Å². The molecule has 114 valence electrons. The van der Waals surface area contributed by atoms with E-state index in [2.05, 4.69) is 26.3 Å². The van der Waals surface area contributed by atoms with Crippen molar-refractivity contribution in [2.24, 2.45) is 7.05 Å². The summed E-state index contributed by atoms with van der Waals surface area (Å²) in [5, 5.41) is 7.28. The highest BCUT2D eigenvalue weighted by atomic mass is 79.9. The molecule has 0 saturated heterocycles. The highest BCUT2D eigenvalue weighted by Crippen LogP contribution is 2.31. The van der Waals surface area contributed by atoms with Gasteiger partial charge in [0, 0.05) is 20.1 Å². The van der Waals surface area contributed by atoms with Crippen molar-refractivity contribution in [1.29, 1.82) is 0 Å². The van der Waals surface area contributed by atoms with E-state index in [-0.39, 0.29) is 12.1 Å². The molecule has 0 aliphatic heterocycles. The maximum atomic E-state index is 12.9. The molecule has 1 aromatic heterocycles. The smallest absolute Gasteiger partial charge is 0.307 e. The molecule has 0 amide bonds. The number of hydrogen-bond acceptors (Lipinski definition) is 2. The second-order valence-electron chi connectivity index (χ2n) is 4.73. The average molecular weight is 362 g/mol. The van der Waals surface area contributed by atoms with Gasteiger partial charge < -0.3 is 5.32 Å². The summed E-state index contributed by atoms with van der Waals surface area (Å²) in [6.07, 6.45) is -4.33. The van der Waals surface area contributed by atoms with Gasteiger partial charge in [0.25, 0.3) is 0 Å². The lowest BCUT2D eigenvalue weighted by Gasteiger charge is -2.13. The molecule has 3 nitrogen and oxygen atoms in total. The zero-order valence-corrected chi connectivity index (χ0v) is 13.2. The molecule has 0 unspecified atom stereocenters. The number of nitrogens with one attached hydrogen (secondary N) is 1. The van der Waals surface area contributed by atoms with E-state index in [0.717, 1.165) is 21.9 Å². The Balaban J connectivity index is 2.08. The predicted molar refractivity (Wildman–Crippen MR) is 77.6 cm³/mol. The summed E-state index contributed by atoms with van der Waals surface area (Å²) in [4.78, 5) is 0. The van der Waals surface area contributed by atoms with E-state index in [0.29, 0.717) is 6.54 Å². The minimum absolute atomic E-state index is 0.145. The maximum absolute atomic E-state index is 12.9. The van der Waals surface area contributed by atoms with Crippen LogP contribution in [0.2, 0.25) is 0 Å². The van der Waals surface area contributed by atoms with Crippen LogP contribution in [0.1, 0.15) is 22.5 Å². The van der Waals surface area contributed by atoms with Crippen molar-refractivity contribution in [3.8, 4) is 0 Å². The van der Waals surface area contributed by atoms with E-state index in [9.17, 15) is 13.2 Å². The fraction of sp³-hybridized carbons (Fsp3) is 0.357. The Morgan fingerprint density at radius 1 is 1.24 bits per heavy atom. The van der Waals surface area contributed by atoms with Crippen LogP contribution in [0.4, 0.5) is 13.2 Å². The molecule has 1 N–H and O–H groups in total. The van der Waals surface area contributed by atoms with Gasteiger partial charge in [0.15, 0.2) is 0 Å². The number of alkyl halides is 3. The number of halogens is 4. The van der Waals surface area contributed by atoms with Crippen molar-refractivity contribution in [2.45, 2.75) is 26.2 Å². The third-order valence-electron chi connectivity index (χ3n) is 3.19. The fourth-order valence-electron chi connectivity index (χ4n) is 2.14. The maximum Gasteiger partial charge on any atom is 0.416 e. The molecular weight excluding hydrogens is 347 g/mol. The van der Waals surface area contributed by atoms with E-state index in [1.54, 1.807) is 17.8 Å². The Morgan fingerprint density at radius 2 is 1.90 bits per heavy atom. The molecule has 0 aliphatic carbocycles. The number of aryl methyl sites for hydroxylation is 2. The average Bonchev–Trinajstić information content (AvgIpc) is 2.64. The summed E-state index contributed by atoms with van der Waals surface area (Å²) >= 11 is 3.43. The summed E-state index contributed by atoms with van der Waals surface area (Å²) in [5.74, 6) is 0. The lowest BCUT2D eigenvalue weighted by molar-refractivity contribution is -0.138. The summed E-state index contributed by atoms with van der Waals surface area (Å²) in [6.45, 7) is 2.45. The first-order valence-corrected chi connectivity index (χ1v) is 7.13. The minimum Gasteiger partial charge on any atom is -0.307 e. The first-order chi connectivity index (χ1) is 9.80. The van der Waals surface area contributed by atoms with Crippen LogP contribution in [0.15, 0.2) is 28.7 Å². The minimum atomic E-state index is -4.33. The normalized spacial score (nSPS) is 11.9. The van der Waals surface area contributed by atoms with Crippen LogP contribution in [-0.4, -0.2) is 9.78 Å². The number of benzene rings is 1. The Kier molecular flexibility index (Phi) is 4.73. The molecule has 0 bridgehead atoms. The summed E-state index contributed by atoms with van der Waals surface area (Å²) < 4.78 is 41.2. The highest BCUT2D eigenvalue weighted by molar-refractivity contribution is 9.10. The van der Waals surface area contributed by atoms with Crippen LogP contribution < -0.4 is 5.32 Å². The molecular formula is C14H15BrF3N3. The second kappa shape index (κ2) is 6.19. The monoisotopic (exact) mass is 361 g/mol. The molecule has 0 fully saturated rings. The molecule has 0 spiro atoms. The SMILES string of the molecule is Cc1nn(C)c(CNCc2ccccc2C(F)(F)F)c1Br. The molecule has 0 radical (unpaired) electrons. The number of aromatic nitrogens is 2. The third kappa shape index (κ3) is 3.65. The van der Waals surface area contributed by atoms with Gasteiger partial charge in [0.2, 0.25) is 0 Å². The molecule has 7 heteroatoms. The van der Waals surface area contributed by atoms with Gasteiger partial charge in [-0.25, -0.2) is 0 Å². The number of nitrogens with zero attached hydrogens (tertiary/aromatic N) is 2. The van der Waals surface area contributed by atoms with Gasteiger partial charge in [-0.1, -0.05) is 18.2 Å². The van der Waals surface area contributed by atoms with Crippen molar-refractivity contribution in [3.05, 3.63) is 51.3 Å². The van der Waals surface area contributed by atoms with Crippen LogP contribution in [0.5, 0.6) is 0 Å². The largest absolute Gasteiger partial charge is 0.416 e. The van der Waals surface area contributed by atoms with E-state index in [1.165, 1.54) is 12.1 Å². The Labute approximate surface area is 129 Å².